The van der Waals surface area contributed by atoms with Gasteiger partial charge >= 0.3 is 6.03 Å². The second-order valence-electron chi connectivity index (χ2n) is 4.27. The van der Waals surface area contributed by atoms with Crippen LogP contribution in [-0.4, -0.2) is 55.2 Å². The molecule has 0 saturated heterocycles. The molecule has 0 aliphatic heterocycles. The number of amides is 2. The zero-order chi connectivity index (χ0) is 13.4. The van der Waals surface area contributed by atoms with Gasteiger partial charge < -0.3 is 14.5 Å². The van der Waals surface area contributed by atoms with Crippen molar-refractivity contribution >= 4 is 6.03 Å². The third-order valence-electron chi connectivity index (χ3n) is 2.51. The van der Waals surface area contributed by atoms with Gasteiger partial charge in [0.25, 0.3) is 0 Å². The minimum Gasteiger partial charge on any atom is -0.385 e. The highest BCUT2D eigenvalue weighted by Gasteiger charge is 2.15. The first-order valence-corrected chi connectivity index (χ1v) is 6.00. The largest absolute Gasteiger partial charge is 0.385 e. The highest BCUT2D eigenvalue weighted by molar-refractivity contribution is 5.73. The van der Waals surface area contributed by atoms with E-state index in [4.69, 9.17) is 4.74 Å². The van der Waals surface area contributed by atoms with E-state index in [-0.39, 0.29) is 6.03 Å². The first kappa shape index (κ1) is 14.4. The number of ether oxygens (including phenoxy) is 1. The molecule has 0 bridgehead atoms. The van der Waals surface area contributed by atoms with E-state index < -0.39 is 0 Å². The molecule has 1 aromatic heterocycles. The fourth-order valence-corrected chi connectivity index (χ4v) is 1.61. The highest BCUT2D eigenvalue weighted by Crippen LogP contribution is 2.05. The van der Waals surface area contributed by atoms with Crippen LogP contribution < -0.4 is 0 Å². The molecule has 0 atom stereocenters. The molecule has 1 rings (SSSR count). The summed E-state index contributed by atoms with van der Waals surface area (Å²) in [5.41, 5.74) is 0.894. The number of aromatic nitrogens is 1. The van der Waals surface area contributed by atoms with Gasteiger partial charge in [0.05, 0.1) is 12.2 Å². The average molecular weight is 251 g/mol. The van der Waals surface area contributed by atoms with E-state index in [2.05, 4.69) is 4.98 Å². The molecule has 0 N–H and O–H groups in total. The van der Waals surface area contributed by atoms with E-state index >= 15 is 0 Å². The second kappa shape index (κ2) is 7.66. The van der Waals surface area contributed by atoms with Gasteiger partial charge in [-0.05, 0) is 18.6 Å². The van der Waals surface area contributed by atoms with Crippen molar-refractivity contribution < 1.29 is 9.53 Å². The van der Waals surface area contributed by atoms with Crippen molar-refractivity contribution in [3.8, 4) is 0 Å². The summed E-state index contributed by atoms with van der Waals surface area (Å²) in [4.78, 5) is 19.6. The number of urea groups is 1. The van der Waals surface area contributed by atoms with Crippen LogP contribution >= 0.6 is 0 Å². The summed E-state index contributed by atoms with van der Waals surface area (Å²) in [5.74, 6) is 0. The van der Waals surface area contributed by atoms with E-state index in [1.54, 1.807) is 37.2 Å². The predicted octanol–water partition coefficient (Wildman–Crippen LogP) is 1.60. The highest BCUT2D eigenvalue weighted by atomic mass is 16.5. The van der Waals surface area contributed by atoms with Crippen molar-refractivity contribution in [3.63, 3.8) is 0 Å². The Hall–Kier alpha value is -1.62. The van der Waals surface area contributed by atoms with E-state index in [0.717, 1.165) is 12.1 Å². The fourth-order valence-electron chi connectivity index (χ4n) is 1.61. The van der Waals surface area contributed by atoms with Gasteiger partial charge in [-0.1, -0.05) is 6.07 Å². The van der Waals surface area contributed by atoms with E-state index in [9.17, 15) is 4.79 Å². The average Bonchev–Trinajstić information content (AvgIpc) is 2.38. The number of hydrogen-bond acceptors (Lipinski definition) is 3. The third kappa shape index (κ3) is 4.71. The number of carbonyl (C=O) groups excluding carboxylic acids is 1. The van der Waals surface area contributed by atoms with Crippen LogP contribution in [0.5, 0.6) is 0 Å². The topological polar surface area (TPSA) is 45.7 Å². The van der Waals surface area contributed by atoms with Crippen molar-refractivity contribution in [3.05, 3.63) is 30.1 Å². The molecule has 1 heterocycles. The van der Waals surface area contributed by atoms with E-state index in [1.807, 2.05) is 18.2 Å². The van der Waals surface area contributed by atoms with Crippen LogP contribution in [0.15, 0.2) is 24.4 Å². The standard InChI is InChI=1S/C13H21N3O2/c1-15(2)13(17)16(9-6-10-18-3)11-12-7-4-5-8-14-12/h4-5,7-8H,6,9-11H2,1-3H3. The molecule has 0 radical (unpaired) electrons. The lowest BCUT2D eigenvalue weighted by Gasteiger charge is -2.25. The van der Waals surface area contributed by atoms with Crippen molar-refractivity contribution in [2.75, 3.05) is 34.4 Å². The molecule has 2 amide bonds. The fraction of sp³-hybridized carbons (Fsp3) is 0.538. The van der Waals surface area contributed by atoms with Crippen LogP contribution in [0.3, 0.4) is 0 Å². The van der Waals surface area contributed by atoms with E-state index in [0.29, 0.717) is 19.7 Å². The smallest absolute Gasteiger partial charge is 0.319 e. The molecule has 18 heavy (non-hydrogen) atoms. The van der Waals surface area contributed by atoms with Crippen molar-refractivity contribution in [1.29, 1.82) is 0 Å². The van der Waals surface area contributed by atoms with Gasteiger partial charge in [-0.2, -0.15) is 0 Å². The second-order valence-corrected chi connectivity index (χ2v) is 4.27. The number of methoxy groups -OCH3 is 1. The summed E-state index contributed by atoms with van der Waals surface area (Å²) < 4.78 is 5.02. The maximum atomic E-state index is 12.0. The molecule has 0 aliphatic carbocycles. The Morgan fingerprint density at radius 2 is 2.17 bits per heavy atom. The first-order valence-electron chi connectivity index (χ1n) is 6.00. The van der Waals surface area contributed by atoms with Crippen LogP contribution in [0, 0.1) is 0 Å². The summed E-state index contributed by atoms with van der Waals surface area (Å²) in [6, 6.07) is 5.71. The number of hydrogen-bond donors (Lipinski definition) is 0. The van der Waals surface area contributed by atoms with Gasteiger partial charge in [0.15, 0.2) is 0 Å². The molecule has 5 nitrogen and oxygen atoms in total. The maximum absolute atomic E-state index is 12.0. The van der Waals surface area contributed by atoms with Gasteiger partial charge in [0.2, 0.25) is 0 Å². The van der Waals surface area contributed by atoms with Crippen LogP contribution in [0.25, 0.3) is 0 Å². The number of carbonyl (C=O) groups is 1. The maximum Gasteiger partial charge on any atom is 0.319 e. The Balaban J connectivity index is 2.62. The van der Waals surface area contributed by atoms with Gasteiger partial charge in [-0.15, -0.1) is 0 Å². The Kier molecular flexibility index (Phi) is 6.14. The van der Waals surface area contributed by atoms with Crippen LogP contribution in [0.2, 0.25) is 0 Å². The normalized spacial score (nSPS) is 10.2. The van der Waals surface area contributed by atoms with Gasteiger partial charge in [-0.3, -0.25) is 4.98 Å². The minimum atomic E-state index is -0.00300. The summed E-state index contributed by atoms with van der Waals surface area (Å²) in [7, 11) is 5.17. The SMILES string of the molecule is COCCCN(Cc1ccccn1)C(=O)N(C)C. The van der Waals surface area contributed by atoms with Crippen molar-refractivity contribution in [2.45, 2.75) is 13.0 Å². The molecule has 1 aromatic rings. The molecule has 0 fully saturated rings. The summed E-state index contributed by atoms with van der Waals surface area (Å²) in [6.07, 6.45) is 2.56. The van der Waals surface area contributed by atoms with Gasteiger partial charge in [-0.25, -0.2) is 4.79 Å². The van der Waals surface area contributed by atoms with E-state index in [1.165, 1.54) is 0 Å². The lowest BCUT2D eigenvalue weighted by atomic mass is 10.3. The zero-order valence-electron chi connectivity index (χ0n) is 11.3. The van der Waals surface area contributed by atoms with Gasteiger partial charge in [0.1, 0.15) is 0 Å². The molecule has 5 heteroatoms. The first-order chi connectivity index (χ1) is 8.65. The lowest BCUT2D eigenvalue weighted by molar-refractivity contribution is 0.150. The lowest BCUT2D eigenvalue weighted by Crippen LogP contribution is -2.39. The zero-order valence-corrected chi connectivity index (χ0v) is 11.3. The number of pyridine rings is 1. The number of rotatable bonds is 6. The van der Waals surface area contributed by atoms with Crippen LogP contribution in [0.4, 0.5) is 4.79 Å². The summed E-state index contributed by atoms with van der Waals surface area (Å²) in [6.45, 7) is 1.85. The monoisotopic (exact) mass is 251 g/mol. The molecule has 0 aromatic carbocycles. The Labute approximate surface area is 108 Å². The third-order valence-corrected chi connectivity index (χ3v) is 2.51. The molecule has 100 valence electrons. The molecule has 0 saturated carbocycles. The molecule has 0 unspecified atom stereocenters. The predicted molar refractivity (Wildman–Crippen MR) is 70.2 cm³/mol. The Morgan fingerprint density at radius 1 is 1.39 bits per heavy atom. The van der Waals surface area contributed by atoms with Crippen molar-refractivity contribution in [1.82, 2.24) is 14.8 Å². The van der Waals surface area contributed by atoms with Gasteiger partial charge in [0, 0.05) is 40.6 Å². The summed E-state index contributed by atoms with van der Waals surface area (Å²) in [5, 5.41) is 0. The Morgan fingerprint density at radius 3 is 2.72 bits per heavy atom. The molecular formula is C13H21N3O2. The minimum absolute atomic E-state index is 0.00300. The molecule has 0 aliphatic rings. The molecular weight excluding hydrogens is 230 g/mol. The van der Waals surface area contributed by atoms with Crippen LogP contribution in [-0.2, 0) is 11.3 Å². The van der Waals surface area contributed by atoms with Crippen molar-refractivity contribution in [2.24, 2.45) is 0 Å². The van der Waals surface area contributed by atoms with Crippen LogP contribution in [0.1, 0.15) is 12.1 Å². The summed E-state index contributed by atoms with van der Waals surface area (Å²) >= 11 is 0. The quantitative estimate of drug-likeness (QED) is 0.721. The number of nitrogens with zero attached hydrogens (tertiary/aromatic N) is 3. The molecule has 0 spiro atoms. The Bertz CT molecular complexity index is 355.